The number of aryl methyl sites for hydroxylation is 1. The Morgan fingerprint density at radius 2 is 1.63 bits per heavy atom. The van der Waals surface area contributed by atoms with Crippen molar-refractivity contribution in [1.29, 1.82) is 0 Å². The molecule has 8 nitrogen and oxygen atoms in total. The minimum absolute atomic E-state index is 0.195. The number of para-hydroxylation sites is 2. The zero-order chi connectivity index (χ0) is 24.5. The Morgan fingerprint density at radius 1 is 0.971 bits per heavy atom. The molecular formula is C26H26N4O4S. The molecule has 0 unspecified atom stereocenters. The van der Waals surface area contributed by atoms with E-state index >= 15 is 0 Å². The van der Waals surface area contributed by atoms with Crippen molar-refractivity contribution in [2.75, 3.05) is 0 Å². The number of hydrogen-bond acceptors (Lipinski definition) is 6. The molecule has 3 heterocycles. The monoisotopic (exact) mass is 490 g/mol. The molecule has 0 saturated heterocycles. The van der Waals surface area contributed by atoms with Crippen molar-refractivity contribution in [2.24, 2.45) is 0 Å². The normalized spacial score (nSPS) is 14.7. The molecule has 9 heteroatoms. The summed E-state index contributed by atoms with van der Waals surface area (Å²) in [5.74, 6) is -0.517. The van der Waals surface area contributed by atoms with Gasteiger partial charge in [-0.3, -0.25) is 9.59 Å². The molecule has 0 radical (unpaired) electrons. The maximum absolute atomic E-state index is 12.6. The number of aliphatic hydroxyl groups excluding tert-OH is 2. The lowest BCUT2D eigenvalue weighted by Crippen LogP contribution is -2.49. The summed E-state index contributed by atoms with van der Waals surface area (Å²) in [6, 6.07) is 19.5. The number of aromatic nitrogens is 2. The number of thiophene rings is 1. The summed E-state index contributed by atoms with van der Waals surface area (Å²) in [7, 11) is 0. The third kappa shape index (κ3) is 4.70. The second-order valence-electron chi connectivity index (χ2n) is 8.67. The molecule has 2 atom stereocenters. The van der Waals surface area contributed by atoms with E-state index in [1.807, 2.05) is 67.6 Å². The van der Waals surface area contributed by atoms with Gasteiger partial charge in [-0.05, 0) is 42.3 Å². The zero-order valence-electron chi connectivity index (χ0n) is 19.2. The van der Waals surface area contributed by atoms with Crippen molar-refractivity contribution in [3.8, 4) is 0 Å². The van der Waals surface area contributed by atoms with Crippen molar-refractivity contribution in [3.05, 3.63) is 87.4 Å². The van der Waals surface area contributed by atoms with Crippen LogP contribution in [0, 0.1) is 6.92 Å². The van der Waals surface area contributed by atoms with Crippen LogP contribution in [0.3, 0.4) is 0 Å². The fourth-order valence-corrected chi connectivity index (χ4v) is 5.33. The highest BCUT2D eigenvalue weighted by atomic mass is 32.1. The summed E-state index contributed by atoms with van der Waals surface area (Å²) in [5.41, 5.74) is 4.02. The average molecular weight is 491 g/mol. The molecule has 0 fully saturated rings. The van der Waals surface area contributed by atoms with E-state index in [-0.39, 0.29) is 6.54 Å². The number of fused-ring (bicyclic) bond motifs is 2. The van der Waals surface area contributed by atoms with E-state index in [9.17, 15) is 19.8 Å². The first kappa shape index (κ1) is 23.2. The molecule has 4 aromatic rings. The van der Waals surface area contributed by atoms with Gasteiger partial charge in [0, 0.05) is 22.8 Å². The first-order valence-corrected chi connectivity index (χ1v) is 12.2. The van der Waals surface area contributed by atoms with Crippen molar-refractivity contribution >= 4 is 34.2 Å². The number of carbonyl (C=O) groups excluding carboxylic acids is 2. The first-order chi connectivity index (χ1) is 16.9. The number of hydrogen-bond donors (Lipinski definition) is 3. The van der Waals surface area contributed by atoms with Gasteiger partial charge < -0.3 is 25.0 Å². The molecule has 0 aliphatic carbocycles. The summed E-state index contributed by atoms with van der Waals surface area (Å²) < 4.78 is 2.14. The van der Waals surface area contributed by atoms with Crippen molar-refractivity contribution < 1.29 is 19.8 Å². The summed E-state index contributed by atoms with van der Waals surface area (Å²) in [6.45, 7) is 3.54. The lowest BCUT2D eigenvalue weighted by molar-refractivity contribution is -0.153. The van der Waals surface area contributed by atoms with Crippen LogP contribution in [0.25, 0.3) is 11.0 Å². The Kier molecular flexibility index (Phi) is 6.38. The van der Waals surface area contributed by atoms with E-state index in [1.165, 1.54) is 4.90 Å². The van der Waals surface area contributed by atoms with Crippen molar-refractivity contribution in [2.45, 2.75) is 45.3 Å². The zero-order valence-corrected chi connectivity index (χ0v) is 20.0. The van der Waals surface area contributed by atoms with Crippen molar-refractivity contribution in [1.82, 2.24) is 19.8 Å². The van der Waals surface area contributed by atoms with Gasteiger partial charge in [-0.25, -0.2) is 4.98 Å². The van der Waals surface area contributed by atoms with Crippen LogP contribution in [-0.4, -0.2) is 48.7 Å². The van der Waals surface area contributed by atoms with E-state index in [0.717, 1.165) is 37.7 Å². The Morgan fingerprint density at radius 3 is 2.37 bits per heavy atom. The molecule has 2 aromatic carbocycles. The molecule has 5 rings (SSSR count). The maximum atomic E-state index is 12.6. The molecule has 1 aliphatic heterocycles. The SMILES string of the molecule is Cc1nc2ccccc2n1Cc1ccc(CNC(=O)[C@H](O)[C@@H](O)C(=O)N2Cc3ccccc3C2)s1. The third-order valence-corrected chi connectivity index (χ3v) is 7.36. The van der Waals surface area contributed by atoms with E-state index in [4.69, 9.17) is 0 Å². The van der Waals surface area contributed by atoms with Gasteiger partial charge in [0.25, 0.3) is 11.8 Å². The fraction of sp³-hybridized carbons (Fsp3) is 0.269. The quantitative estimate of drug-likeness (QED) is 0.369. The second kappa shape index (κ2) is 9.61. The highest BCUT2D eigenvalue weighted by molar-refractivity contribution is 7.12. The van der Waals surface area contributed by atoms with Crippen LogP contribution in [0.4, 0.5) is 0 Å². The number of benzene rings is 2. The summed E-state index contributed by atoms with van der Waals surface area (Å²) in [5, 5.41) is 23.3. The van der Waals surface area contributed by atoms with Crippen LogP contribution < -0.4 is 5.32 Å². The lowest BCUT2D eigenvalue weighted by Gasteiger charge is -2.22. The first-order valence-electron chi connectivity index (χ1n) is 11.4. The van der Waals surface area contributed by atoms with Crippen molar-refractivity contribution in [3.63, 3.8) is 0 Å². The minimum Gasteiger partial charge on any atom is -0.380 e. The predicted molar refractivity (Wildman–Crippen MR) is 132 cm³/mol. The van der Waals surface area contributed by atoms with Gasteiger partial charge in [-0.1, -0.05) is 36.4 Å². The number of rotatable bonds is 7. The smallest absolute Gasteiger partial charge is 0.255 e. The standard InChI is InChI=1S/C26H26N4O4S/c1-16-28-21-8-4-5-9-22(21)30(16)15-20-11-10-19(35-20)12-27-25(33)23(31)24(32)26(34)29-13-17-6-2-3-7-18(17)14-29/h2-11,23-24,31-32H,12-15H2,1H3,(H,27,33)/t23-,24-/m1/s1. The maximum Gasteiger partial charge on any atom is 0.255 e. The average Bonchev–Trinajstić information content (AvgIpc) is 3.58. The summed E-state index contributed by atoms with van der Waals surface area (Å²) in [4.78, 5) is 33.1. The Bertz CT molecular complexity index is 1370. The highest BCUT2D eigenvalue weighted by Gasteiger charge is 2.35. The van der Waals surface area contributed by atoms with Gasteiger partial charge >= 0.3 is 0 Å². The van der Waals surface area contributed by atoms with Gasteiger partial charge in [0.2, 0.25) is 0 Å². The molecule has 0 spiro atoms. The Labute approximate surface area is 206 Å². The number of nitrogens with zero attached hydrogens (tertiary/aromatic N) is 3. The van der Waals surface area contributed by atoms with Gasteiger partial charge in [0.05, 0.1) is 24.1 Å². The van der Waals surface area contributed by atoms with Crippen LogP contribution in [-0.2, 0) is 35.8 Å². The number of nitrogens with one attached hydrogen (secondary N) is 1. The molecule has 2 amide bonds. The van der Waals surface area contributed by atoms with E-state index in [0.29, 0.717) is 19.6 Å². The Balaban J connectivity index is 1.16. The van der Waals surface area contributed by atoms with E-state index in [2.05, 4.69) is 14.9 Å². The van der Waals surface area contributed by atoms with Crippen LogP contribution in [0.1, 0.15) is 26.7 Å². The van der Waals surface area contributed by atoms with Gasteiger partial charge in [-0.15, -0.1) is 11.3 Å². The van der Waals surface area contributed by atoms with Gasteiger partial charge in [0.1, 0.15) is 5.82 Å². The topological polar surface area (TPSA) is 108 Å². The molecular weight excluding hydrogens is 464 g/mol. The minimum atomic E-state index is -1.84. The molecule has 3 N–H and O–H groups in total. The van der Waals surface area contributed by atoms with Crippen LogP contribution in [0.2, 0.25) is 0 Å². The second-order valence-corrected chi connectivity index (χ2v) is 9.93. The fourth-order valence-electron chi connectivity index (χ4n) is 4.39. The number of amides is 2. The van der Waals surface area contributed by atoms with E-state index in [1.54, 1.807) is 11.3 Å². The molecule has 0 bridgehead atoms. The Hall–Kier alpha value is -3.53. The van der Waals surface area contributed by atoms with Crippen LogP contribution in [0.5, 0.6) is 0 Å². The molecule has 35 heavy (non-hydrogen) atoms. The summed E-state index contributed by atoms with van der Waals surface area (Å²) in [6.07, 6.45) is -3.66. The number of aliphatic hydroxyl groups is 2. The summed E-state index contributed by atoms with van der Waals surface area (Å²) >= 11 is 1.55. The van der Waals surface area contributed by atoms with Crippen LogP contribution >= 0.6 is 11.3 Å². The van der Waals surface area contributed by atoms with Gasteiger partial charge in [0.15, 0.2) is 12.2 Å². The van der Waals surface area contributed by atoms with Crippen LogP contribution in [0.15, 0.2) is 60.7 Å². The number of imidazole rings is 1. The van der Waals surface area contributed by atoms with E-state index < -0.39 is 24.0 Å². The molecule has 1 aliphatic rings. The molecule has 2 aromatic heterocycles. The third-order valence-electron chi connectivity index (χ3n) is 6.29. The molecule has 180 valence electrons. The highest BCUT2D eigenvalue weighted by Crippen LogP contribution is 2.24. The predicted octanol–water partition coefficient (Wildman–Crippen LogP) is 2.33. The molecule has 0 saturated carbocycles. The van der Waals surface area contributed by atoms with Gasteiger partial charge in [-0.2, -0.15) is 0 Å². The number of carbonyl (C=O) groups is 2. The largest absolute Gasteiger partial charge is 0.380 e. The lowest BCUT2D eigenvalue weighted by atomic mass is 10.1.